The summed E-state index contributed by atoms with van der Waals surface area (Å²) >= 11 is 4.15. The van der Waals surface area contributed by atoms with Crippen LogP contribution in [0.3, 0.4) is 0 Å². The standard InChI is InChI=1S/C26H26N2O4S3/c29-21(18-20-4-1-3-19(17-20)6-7-22-5-2-15-33-22)10-12-27-14-16-34-26(32)28(27)13-11-23-8-9-24(35-23)25(30)31/h1-5,8-9,15,17,21,29H,10-14,16,18H2,(H,30,31)/t21-/m1/s1. The van der Waals surface area contributed by atoms with Gasteiger partial charge in [-0.2, -0.15) is 0 Å². The Bertz CT molecular complexity index is 1210. The molecule has 0 radical (unpaired) electrons. The minimum absolute atomic E-state index is 0.00206. The highest BCUT2D eigenvalue weighted by molar-refractivity contribution is 8.13. The van der Waals surface area contributed by atoms with Gasteiger partial charge in [0.1, 0.15) is 4.88 Å². The number of carboxylic acids is 1. The second-order valence-electron chi connectivity index (χ2n) is 8.09. The zero-order valence-corrected chi connectivity index (χ0v) is 21.5. The monoisotopic (exact) mass is 526 g/mol. The maximum absolute atomic E-state index is 12.5. The lowest BCUT2D eigenvalue weighted by Crippen LogP contribution is -2.51. The van der Waals surface area contributed by atoms with E-state index in [4.69, 9.17) is 5.11 Å². The van der Waals surface area contributed by atoms with Gasteiger partial charge in [0.25, 0.3) is 5.24 Å². The highest BCUT2D eigenvalue weighted by Gasteiger charge is 2.27. The number of nitrogens with zero attached hydrogens (tertiary/aromatic N) is 2. The molecule has 4 rings (SSSR count). The Hall–Kier alpha value is -2.61. The van der Waals surface area contributed by atoms with Gasteiger partial charge in [0, 0.05) is 42.2 Å². The molecule has 9 heteroatoms. The van der Waals surface area contributed by atoms with Gasteiger partial charge in [0.05, 0.1) is 11.0 Å². The van der Waals surface area contributed by atoms with Crippen LogP contribution in [0.1, 0.15) is 37.0 Å². The molecular formula is C26H26N2O4S3. The normalized spacial score (nSPS) is 15.0. The Morgan fingerprint density at radius 2 is 2.00 bits per heavy atom. The van der Waals surface area contributed by atoms with Crippen molar-refractivity contribution in [2.45, 2.75) is 25.4 Å². The molecule has 1 amide bonds. The number of aliphatic hydroxyl groups excluding tert-OH is 1. The van der Waals surface area contributed by atoms with E-state index in [0.717, 1.165) is 33.2 Å². The van der Waals surface area contributed by atoms with E-state index < -0.39 is 12.1 Å². The van der Waals surface area contributed by atoms with Gasteiger partial charge in [0.15, 0.2) is 0 Å². The Morgan fingerprint density at radius 3 is 2.77 bits per heavy atom. The number of thioether (sulfide) groups is 1. The number of aromatic carboxylic acids is 1. The summed E-state index contributed by atoms with van der Waals surface area (Å²) in [6, 6.07) is 15.3. The molecule has 0 saturated carbocycles. The van der Waals surface area contributed by atoms with Crippen molar-refractivity contribution in [3.8, 4) is 11.8 Å². The predicted octanol–water partition coefficient (Wildman–Crippen LogP) is 4.83. The van der Waals surface area contributed by atoms with Crippen LogP contribution in [0.2, 0.25) is 0 Å². The SMILES string of the molecule is O=C(O)c1ccc(CCN2C(=O)SCCN2CC[C@@H](O)Cc2cccc(C#Cc3cccs3)c2)s1. The molecular weight excluding hydrogens is 500 g/mol. The zero-order valence-electron chi connectivity index (χ0n) is 19.1. The molecule has 0 unspecified atom stereocenters. The number of hydrazine groups is 1. The van der Waals surface area contributed by atoms with E-state index in [1.165, 1.54) is 23.1 Å². The molecule has 0 bridgehead atoms. The number of thiophene rings is 2. The molecule has 6 nitrogen and oxygen atoms in total. The van der Waals surface area contributed by atoms with Crippen LogP contribution < -0.4 is 0 Å². The topological polar surface area (TPSA) is 81.1 Å². The Balaban J connectivity index is 1.30. The molecule has 0 aliphatic carbocycles. The van der Waals surface area contributed by atoms with Crippen LogP contribution in [0.5, 0.6) is 0 Å². The first kappa shape index (κ1) is 25.5. The van der Waals surface area contributed by atoms with Crippen LogP contribution >= 0.6 is 34.4 Å². The maximum Gasteiger partial charge on any atom is 0.345 e. The van der Waals surface area contributed by atoms with Crippen molar-refractivity contribution in [1.82, 2.24) is 10.0 Å². The first-order valence-corrected chi connectivity index (χ1v) is 14.0. The summed E-state index contributed by atoms with van der Waals surface area (Å²) in [5, 5.41) is 25.6. The van der Waals surface area contributed by atoms with Gasteiger partial charge in [-0.3, -0.25) is 9.80 Å². The van der Waals surface area contributed by atoms with Crippen molar-refractivity contribution in [1.29, 1.82) is 0 Å². The summed E-state index contributed by atoms with van der Waals surface area (Å²) in [4.78, 5) is 25.9. The van der Waals surface area contributed by atoms with E-state index in [9.17, 15) is 14.7 Å². The molecule has 2 aromatic heterocycles. The number of carboxylic acid groups (broad SMARTS) is 1. The van der Waals surface area contributed by atoms with Crippen molar-refractivity contribution >= 4 is 45.6 Å². The van der Waals surface area contributed by atoms with Gasteiger partial charge in [-0.05, 0) is 54.1 Å². The fourth-order valence-corrected chi connectivity index (χ4v) is 6.03. The first-order valence-electron chi connectivity index (χ1n) is 11.3. The van der Waals surface area contributed by atoms with Crippen molar-refractivity contribution in [2.24, 2.45) is 0 Å². The summed E-state index contributed by atoms with van der Waals surface area (Å²) < 4.78 is 0. The van der Waals surface area contributed by atoms with Crippen molar-refractivity contribution < 1.29 is 19.8 Å². The van der Waals surface area contributed by atoms with Crippen molar-refractivity contribution in [3.63, 3.8) is 0 Å². The summed E-state index contributed by atoms with van der Waals surface area (Å²) in [6.07, 6.45) is 1.14. The van der Waals surface area contributed by atoms with E-state index >= 15 is 0 Å². The number of rotatable bonds is 9. The van der Waals surface area contributed by atoms with Crippen LogP contribution in [0.4, 0.5) is 4.79 Å². The molecule has 2 N–H and O–H groups in total. The largest absolute Gasteiger partial charge is 0.477 e. The Morgan fingerprint density at radius 1 is 1.11 bits per heavy atom. The molecule has 1 saturated heterocycles. The molecule has 1 aliphatic heterocycles. The highest BCUT2D eigenvalue weighted by Crippen LogP contribution is 2.22. The van der Waals surface area contributed by atoms with E-state index in [1.807, 2.05) is 52.9 Å². The minimum atomic E-state index is -0.929. The van der Waals surface area contributed by atoms with Crippen molar-refractivity contribution in [2.75, 3.05) is 25.4 Å². The summed E-state index contributed by atoms with van der Waals surface area (Å²) in [6.45, 7) is 1.81. The third kappa shape index (κ3) is 7.43. The number of hydrogen-bond donors (Lipinski definition) is 2. The molecule has 3 heterocycles. The van der Waals surface area contributed by atoms with Crippen molar-refractivity contribution in [3.05, 3.63) is 79.7 Å². The van der Waals surface area contributed by atoms with Crippen LogP contribution in [0.15, 0.2) is 53.9 Å². The molecule has 1 aliphatic rings. The predicted molar refractivity (Wildman–Crippen MR) is 142 cm³/mol. The average Bonchev–Trinajstić information content (AvgIpc) is 3.53. The van der Waals surface area contributed by atoms with Gasteiger partial charge in [-0.25, -0.2) is 9.80 Å². The average molecular weight is 527 g/mol. The fraction of sp³-hybridized carbons (Fsp3) is 0.308. The zero-order chi connectivity index (χ0) is 24.6. The van der Waals surface area contributed by atoms with Crippen LogP contribution in [-0.4, -0.2) is 62.9 Å². The second-order valence-corrected chi connectivity index (χ2v) is 11.2. The number of amides is 1. The molecule has 1 aromatic carbocycles. The lowest BCUT2D eigenvalue weighted by atomic mass is 10.0. The van der Waals surface area contributed by atoms with E-state index in [-0.39, 0.29) is 5.24 Å². The van der Waals surface area contributed by atoms with E-state index in [1.54, 1.807) is 22.4 Å². The van der Waals surface area contributed by atoms with Gasteiger partial charge >= 0.3 is 5.97 Å². The lowest BCUT2D eigenvalue weighted by molar-refractivity contribution is 0.0148. The smallest absolute Gasteiger partial charge is 0.345 e. The molecule has 182 valence electrons. The molecule has 35 heavy (non-hydrogen) atoms. The lowest BCUT2D eigenvalue weighted by Gasteiger charge is -2.38. The quantitative estimate of drug-likeness (QED) is 0.389. The summed E-state index contributed by atoms with van der Waals surface area (Å²) in [5.41, 5.74) is 1.96. The Labute approximate surface area is 217 Å². The van der Waals surface area contributed by atoms with Gasteiger partial charge in [0.2, 0.25) is 0 Å². The highest BCUT2D eigenvalue weighted by atomic mass is 32.2. The van der Waals surface area contributed by atoms with E-state index in [0.29, 0.717) is 37.2 Å². The third-order valence-corrected chi connectivity index (χ3v) is 8.30. The Kier molecular flexibility index (Phi) is 9.01. The summed E-state index contributed by atoms with van der Waals surface area (Å²) in [5.74, 6) is 6.14. The fourth-order valence-electron chi connectivity index (χ4n) is 3.79. The van der Waals surface area contributed by atoms with Crippen LogP contribution in [0.25, 0.3) is 0 Å². The van der Waals surface area contributed by atoms with Gasteiger partial charge < -0.3 is 10.2 Å². The minimum Gasteiger partial charge on any atom is -0.477 e. The third-order valence-electron chi connectivity index (χ3n) is 5.54. The van der Waals surface area contributed by atoms with Crippen LogP contribution in [-0.2, 0) is 12.8 Å². The number of carbonyl (C=O) groups is 2. The maximum atomic E-state index is 12.5. The number of aliphatic hydroxyl groups is 1. The second kappa shape index (κ2) is 12.4. The van der Waals surface area contributed by atoms with E-state index in [2.05, 4.69) is 11.8 Å². The summed E-state index contributed by atoms with van der Waals surface area (Å²) in [7, 11) is 0. The number of benzene rings is 1. The number of hydrogen-bond acceptors (Lipinski definition) is 7. The van der Waals surface area contributed by atoms with Crippen LogP contribution in [0, 0.1) is 11.8 Å². The van der Waals surface area contributed by atoms with Gasteiger partial charge in [-0.1, -0.05) is 41.8 Å². The molecule has 1 fully saturated rings. The molecule has 1 atom stereocenters. The van der Waals surface area contributed by atoms with Gasteiger partial charge in [-0.15, -0.1) is 22.7 Å². The molecule has 0 spiro atoms. The first-order chi connectivity index (χ1) is 17.0. The molecule has 3 aromatic rings. The number of carbonyl (C=O) groups excluding carboxylic acids is 1.